The molecule has 0 aliphatic carbocycles. The summed E-state index contributed by atoms with van der Waals surface area (Å²) in [6, 6.07) is 11.8. The zero-order valence-corrected chi connectivity index (χ0v) is 24.1. The number of aliphatic carboxylic acids is 1. The maximum absolute atomic E-state index is 11.2. The van der Waals surface area contributed by atoms with E-state index in [1.165, 1.54) is 4.90 Å². The van der Waals surface area contributed by atoms with Crippen LogP contribution in [0.15, 0.2) is 41.3 Å². The molecule has 0 amide bonds. The molecule has 0 saturated heterocycles. The van der Waals surface area contributed by atoms with Gasteiger partial charge in [0.1, 0.15) is 17.2 Å². The number of carbonyl (C=O) groups is 1. The van der Waals surface area contributed by atoms with Crippen molar-refractivity contribution in [1.82, 2.24) is 0 Å². The molecule has 0 bridgehead atoms. The summed E-state index contributed by atoms with van der Waals surface area (Å²) in [4.78, 5) is 12.3. The number of benzene rings is 2. The van der Waals surface area contributed by atoms with Crippen LogP contribution in [0.3, 0.4) is 0 Å². The summed E-state index contributed by atoms with van der Waals surface area (Å²) in [5.74, 6) is 2.11. The highest BCUT2D eigenvalue weighted by atomic mass is 32.2. The van der Waals surface area contributed by atoms with Crippen LogP contribution in [0.1, 0.15) is 85.8 Å². The molecule has 2 N–H and O–H groups in total. The van der Waals surface area contributed by atoms with Crippen molar-refractivity contribution < 1.29 is 24.5 Å². The van der Waals surface area contributed by atoms with Gasteiger partial charge in [-0.3, -0.25) is 4.79 Å². The van der Waals surface area contributed by atoms with Crippen LogP contribution in [0.25, 0.3) is 0 Å². The van der Waals surface area contributed by atoms with E-state index in [-0.39, 0.29) is 10.8 Å². The molecule has 6 heteroatoms. The number of phenolic OH excluding ortho intramolecular Hbond substituents is 1. The van der Waals surface area contributed by atoms with Gasteiger partial charge in [-0.1, -0.05) is 41.5 Å². The normalized spacial score (nSPS) is 12.4. The predicted molar refractivity (Wildman–Crippen MR) is 149 cm³/mol. The largest absolute Gasteiger partial charge is 0.507 e. The fraction of sp³-hybridized carbons (Fsp3) is 0.567. The third kappa shape index (κ3) is 8.95. The topological polar surface area (TPSA) is 76.0 Å². The fourth-order valence-corrected chi connectivity index (χ4v) is 4.62. The molecule has 2 aromatic carbocycles. The summed E-state index contributed by atoms with van der Waals surface area (Å²) in [5, 5.41) is 20.1. The number of ether oxygens (including phenoxy) is 2. The molecule has 0 saturated carbocycles. The third-order valence-electron chi connectivity index (χ3n) is 6.14. The molecular weight excluding hydrogens is 472 g/mol. The highest BCUT2D eigenvalue weighted by molar-refractivity contribution is 7.99. The van der Waals surface area contributed by atoms with E-state index in [9.17, 15) is 15.0 Å². The Balaban J connectivity index is 1.81. The second-order valence-electron chi connectivity index (χ2n) is 12.0. The van der Waals surface area contributed by atoms with Crippen LogP contribution >= 0.6 is 11.8 Å². The summed E-state index contributed by atoms with van der Waals surface area (Å²) >= 11 is 1.79. The molecule has 2 rings (SSSR count). The number of carboxylic acid groups (broad SMARTS) is 1. The van der Waals surface area contributed by atoms with E-state index < -0.39 is 11.4 Å². The van der Waals surface area contributed by atoms with Crippen molar-refractivity contribution in [2.24, 2.45) is 5.41 Å². The monoisotopic (exact) mass is 516 g/mol. The Morgan fingerprint density at radius 2 is 1.25 bits per heavy atom. The van der Waals surface area contributed by atoms with Crippen molar-refractivity contribution in [3.8, 4) is 17.2 Å². The number of hydrogen-bond acceptors (Lipinski definition) is 5. The van der Waals surface area contributed by atoms with Crippen LogP contribution in [-0.4, -0.2) is 35.1 Å². The van der Waals surface area contributed by atoms with Crippen molar-refractivity contribution in [3.63, 3.8) is 0 Å². The van der Waals surface area contributed by atoms with Gasteiger partial charge < -0.3 is 19.7 Å². The standard InChI is InChI=1S/C30H44O5S/c1-28(2,3)24-19-23(20-25(26(24)31)29(4,5)6)36-18-10-17-35-22-13-11-21(12-14-22)34-16-9-15-30(7,8)27(32)33/h11-14,19-20,31H,9-10,15-18H2,1-8H3,(H,32,33). The van der Waals surface area contributed by atoms with Crippen LogP contribution in [0.2, 0.25) is 0 Å². The number of thioether (sulfide) groups is 1. The molecule has 0 spiro atoms. The lowest BCUT2D eigenvalue weighted by Crippen LogP contribution is -2.24. The van der Waals surface area contributed by atoms with E-state index in [1.807, 2.05) is 24.3 Å². The second kappa shape index (κ2) is 12.3. The maximum atomic E-state index is 11.2. The fourth-order valence-electron chi connectivity index (χ4n) is 3.72. The SMILES string of the molecule is CC(C)(CCCOc1ccc(OCCCSc2cc(C(C)(C)C)c(O)c(C(C)(C)C)c2)cc1)C(=O)O. The Hall–Kier alpha value is -2.34. The maximum Gasteiger partial charge on any atom is 0.309 e. The molecule has 36 heavy (non-hydrogen) atoms. The molecule has 0 fully saturated rings. The molecule has 0 aliphatic heterocycles. The minimum Gasteiger partial charge on any atom is -0.507 e. The molecule has 0 aliphatic rings. The molecule has 0 heterocycles. The molecular formula is C30H44O5S. The van der Waals surface area contributed by atoms with Crippen molar-refractivity contribution in [2.45, 2.75) is 90.4 Å². The lowest BCUT2D eigenvalue weighted by atomic mass is 9.79. The summed E-state index contributed by atoms with van der Waals surface area (Å²) < 4.78 is 11.6. The molecule has 0 radical (unpaired) electrons. The Labute approximate surface area is 221 Å². The van der Waals surface area contributed by atoms with Crippen LogP contribution in [0.4, 0.5) is 0 Å². The minimum absolute atomic E-state index is 0.130. The Bertz CT molecular complexity index is 962. The van der Waals surface area contributed by atoms with Crippen molar-refractivity contribution in [1.29, 1.82) is 0 Å². The van der Waals surface area contributed by atoms with Gasteiger partial charge in [-0.05, 0) is 80.3 Å². The highest BCUT2D eigenvalue weighted by Crippen LogP contribution is 2.41. The Kier molecular flexibility index (Phi) is 10.2. The molecule has 2 aromatic rings. The number of phenols is 1. The van der Waals surface area contributed by atoms with Gasteiger partial charge in [0.25, 0.3) is 0 Å². The van der Waals surface area contributed by atoms with Gasteiger partial charge in [-0.15, -0.1) is 11.8 Å². The van der Waals surface area contributed by atoms with Crippen molar-refractivity contribution in [2.75, 3.05) is 19.0 Å². The zero-order chi connectivity index (χ0) is 27.1. The Morgan fingerprint density at radius 3 is 1.67 bits per heavy atom. The van der Waals surface area contributed by atoms with Crippen molar-refractivity contribution >= 4 is 17.7 Å². The summed E-state index contributed by atoms with van der Waals surface area (Å²) in [6.45, 7) is 17.4. The third-order valence-corrected chi connectivity index (χ3v) is 7.20. The highest BCUT2D eigenvalue weighted by Gasteiger charge is 2.27. The first-order valence-electron chi connectivity index (χ1n) is 12.7. The van der Waals surface area contributed by atoms with Gasteiger partial charge in [0.2, 0.25) is 0 Å². The average Bonchev–Trinajstić information content (AvgIpc) is 2.76. The minimum atomic E-state index is -0.783. The molecule has 0 unspecified atom stereocenters. The molecule has 0 atom stereocenters. The van der Waals surface area contributed by atoms with Crippen molar-refractivity contribution in [3.05, 3.63) is 47.5 Å². The smallest absolute Gasteiger partial charge is 0.309 e. The number of rotatable bonds is 12. The van der Waals surface area contributed by atoms with Gasteiger partial charge in [0, 0.05) is 21.8 Å². The quantitative estimate of drug-likeness (QED) is 0.221. The summed E-state index contributed by atoms with van der Waals surface area (Å²) in [7, 11) is 0. The van der Waals surface area contributed by atoms with E-state index in [0.717, 1.165) is 34.8 Å². The van der Waals surface area contributed by atoms with E-state index in [4.69, 9.17) is 9.47 Å². The van der Waals surface area contributed by atoms with E-state index in [1.54, 1.807) is 25.6 Å². The predicted octanol–water partition coefficient (Wildman–Crippen LogP) is 7.82. The second-order valence-corrected chi connectivity index (χ2v) is 13.2. The first-order chi connectivity index (χ1) is 16.6. The number of aromatic hydroxyl groups is 1. The molecule has 0 aromatic heterocycles. The number of carboxylic acids is 1. The zero-order valence-electron chi connectivity index (χ0n) is 23.2. The number of hydrogen-bond donors (Lipinski definition) is 2. The lowest BCUT2D eigenvalue weighted by Gasteiger charge is -2.28. The van der Waals surface area contributed by atoms with Crippen LogP contribution in [0, 0.1) is 5.41 Å². The van der Waals surface area contributed by atoms with Gasteiger partial charge in [0.05, 0.1) is 18.6 Å². The van der Waals surface area contributed by atoms with Crippen LogP contribution < -0.4 is 9.47 Å². The average molecular weight is 517 g/mol. The van der Waals surface area contributed by atoms with Gasteiger partial charge >= 0.3 is 5.97 Å². The first kappa shape index (κ1) is 29.9. The molecule has 5 nitrogen and oxygen atoms in total. The summed E-state index contributed by atoms with van der Waals surface area (Å²) in [5.41, 5.74) is 0.984. The van der Waals surface area contributed by atoms with Gasteiger partial charge in [-0.2, -0.15) is 0 Å². The van der Waals surface area contributed by atoms with E-state index in [0.29, 0.717) is 31.8 Å². The van der Waals surface area contributed by atoms with Gasteiger partial charge in [-0.25, -0.2) is 0 Å². The first-order valence-corrected chi connectivity index (χ1v) is 13.7. The van der Waals surface area contributed by atoms with E-state index >= 15 is 0 Å². The van der Waals surface area contributed by atoms with Gasteiger partial charge in [0.15, 0.2) is 0 Å². The van der Waals surface area contributed by atoms with Crippen LogP contribution in [-0.2, 0) is 15.6 Å². The Morgan fingerprint density at radius 1 is 0.806 bits per heavy atom. The molecule has 200 valence electrons. The van der Waals surface area contributed by atoms with E-state index in [2.05, 4.69) is 53.7 Å². The lowest BCUT2D eigenvalue weighted by molar-refractivity contribution is -0.147. The van der Waals surface area contributed by atoms with Crippen LogP contribution in [0.5, 0.6) is 17.2 Å². The summed E-state index contributed by atoms with van der Waals surface area (Å²) in [6.07, 6.45) is 2.16.